The van der Waals surface area contributed by atoms with Gasteiger partial charge in [-0.05, 0) is 34.5 Å². The molecule has 0 aromatic carbocycles. The summed E-state index contributed by atoms with van der Waals surface area (Å²) in [4.78, 5) is 28.2. The van der Waals surface area contributed by atoms with Crippen molar-refractivity contribution in [3.63, 3.8) is 0 Å². The van der Waals surface area contributed by atoms with E-state index in [1.807, 2.05) is 20.8 Å². The van der Waals surface area contributed by atoms with Gasteiger partial charge < -0.3 is 15.2 Å². The number of carbonyl (C=O) groups is 2. The van der Waals surface area contributed by atoms with E-state index in [0.29, 0.717) is 11.6 Å². The van der Waals surface area contributed by atoms with Crippen LogP contribution in [-0.4, -0.2) is 28.0 Å². The van der Waals surface area contributed by atoms with Crippen molar-refractivity contribution in [3.8, 4) is 0 Å². The van der Waals surface area contributed by atoms with Crippen LogP contribution in [0.25, 0.3) is 0 Å². The highest BCUT2D eigenvalue weighted by molar-refractivity contribution is 9.10. The third-order valence-corrected chi connectivity index (χ3v) is 3.83. The Hall–Kier alpha value is -2.22. The first-order chi connectivity index (χ1) is 11.6. The third kappa shape index (κ3) is 5.67. The maximum atomic E-state index is 12.2. The molecule has 0 bridgehead atoms. The molecule has 25 heavy (non-hydrogen) atoms. The lowest BCUT2D eigenvalue weighted by atomic mass is 9.93. The predicted octanol–water partition coefficient (Wildman–Crippen LogP) is 2.82. The summed E-state index contributed by atoms with van der Waals surface area (Å²) in [6.07, 6.45) is 3.39. The highest BCUT2D eigenvalue weighted by atomic mass is 79.9. The van der Waals surface area contributed by atoms with Crippen LogP contribution in [0.1, 0.15) is 39.0 Å². The Balaban J connectivity index is 1.89. The molecule has 2 rings (SSSR count). The lowest BCUT2D eigenvalue weighted by Gasteiger charge is -2.13. The van der Waals surface area contributed by atoms with Gasteiger partial charge in [0.05, 0.1) is 6.42 Å². The van der Waals surface area contributed by atoms with Crippen molar-refractivity contribution < 1.29 is 14.1 Å². The second kappa shape index (κ2) is 7.77. The van der Waals surface area contributed by atoms with E-state index in [2.05, 4.69) is 36.7 Å². The predicted molar refractivity (Wildman–Crippen MR) is 97.1 cm³/mol. The number of hydrogen-bond donors (Lipinski definition) is 2. The number of rotatable bonds is 5. The molecule has 0 aliphatic heterocycles. The summed E-state index contributed by atoms with van der Waals surface area (Å²) in [5, 5.41) is 9.12. The number of anilines is 1. The maximum absolute atomic E-state index is 12.2. The van der Waals surface area contributed by atoms with Crippen LogP contribution in [0.2, 0.25) is 0 Å². The van der Waals surface area contributed by atoms with E-state index in [-0.39, 0.29) is 23.7 Å². The number of nitrogens with zero attached hydrogens (tertiary/aromatic N) is 2. The number of nitrogens with one attached hydrogen (secondary N) is 2. The molecule has 0 fully saturated rings. The minimum absolute atomic E-state index is 0.141. The van der Waals surface area contributed by atoms with Crippen LogP contribution in [0.3, 0.4) is 0 Å². The van der Waals surface area contributed by atoms with E-state index in [4.69, 9.17) is 4.52 Å². The zero-order chi connectivity index (χ0) is 18.6. The highest BCUT2D eigenvalue weighted by Crippen LogP contribution is 2.24. The zero-order valence-electron chi connectivity index (χ0n) is 14.6. The monoisotopic (exact) mass is 408 g/mol. The number of aromatic nitrogens is 2. The molecule has 2 aromatic rings. The molecule has 0 spiro atoms. The van der Waals surface area contributed by atoms with Gasteiger partial charge in [0, 0.05) is 28.3 Å². The largest absolute Gasteiger partial charge is 0.359 e. The standard InChI is InChI=1S/C17H21BrN4O3/c1-10(20-15(23)6-11-5-12(18)9-19-8-11)16(24)21-14-7-13(25-22-14)17(2,3)4/h5,7-10H,6H2,1-4H3,(H,20,23)(H,21,22,24). The van der Waals surface area contributed by atoms with Gasteiger partial charge in [0.15, 0.2) is 5.82 Å². The molecule has 7 nitrogen and oxygen atoms in total. The van der Waals surface area contributed by atoms with Crippen molar-refractivity contribution in [1.29, 1.82) is 0 Å². The number of pyridine rings is 1. The molecule has 134 valence electrons. The normalized spacial score (nSPS) is 12.5. The maximum Gasteiger partial charge on any atom is 0.247 e. The lowest BCUT2D eigenvalue weighted by Crippen LogP contribution is -2.42. The summed E-state index contributed by atoms with van der Waals surface area (Å²) in [7, 11) is 0. The molecule has 1 atom stereocenters. The quantitative estimate of drug-likeness (QED) is 0.792. The summed E-state index contributed by atoms with van der Waals surface area (Å²) < 4.78 is 6.01. The van der Waals surface area contributed by atoms with Gasteiger partial charge in [-0.25, -0.2) is 0 Å². The molecule has 0 saturated carbocycles. The number of hydrogen-bond acceptors (Lipinski definition) is 5. The van der Waals surface area contributed by atoms with E-state index in [1.165, 1.54) is 0 Å². The van der Waals surface area contributed by atoms with Gasteiger partial charge in [-0.3, -0.25) is 14.6 Å². The van der Waals surface area contributed by atoms with E-state index in [9.17, 15) is 9.59 Å². The molecule has 2 heterocycles. The average molecular weight is 409 g/mol. The van der Waals surface area contributed by atoms with Gasteiger partial charge in [0.1, 0.15) is 11.8 Å². The van der Waals surface area contributed by atoms with E-state index in [1.54, 1.807) is 31.5 Å². The molecule has 0 saturated heterocycles. The van der Waals surface area contributed by atoms with Gasteiger partial charge in [-0.2, -0.15) is 0 Å². The molecule has 0 radical (unpaired) electrons. The molecule has 2 N–H and O–H groups in total. The summed E-state index contributed by atoms with van der Waals surface area (Å²) in [5.41, 5.74) is 0.555. The highest BCUT2D eigenvalue weighted by Gasteiger charge is 2.22. The third-order valence-electron chi connectivity index (χ3n) is 3.40. The molecular formula is C17H21BrN4O3. The lowest BCUT2D eigenvalue weighted by molar-refractivity contribution is -0.125. The molecule has 8 heteroatoms. The first-order valence-electron chi connectivity index (χ1n) is 7.82. The smallest absolute Gasteiger partial charge is 0.247 e. The Morgan fingerprint density at radius 2 is 2.00 bits per heavy atom. The van der Waals surface area contributed by atoms with Crippen LogP contribution in [0.4, 0.5) is 5.82 Å². The van der Waals surface area contributed by atoms with Crippen LogP contribution in [0.15, 0.2) is 33.5 Å². The SMILES string of the molecule is CC(NC(=O)Cc1cncc(Br)c1)C(=O)Nc1cc(C(C)(C)C)on1. The van der Waals surface area contributed by atoms with Gasteiger partial charge >= 0.3 is 0 Å². The Labute approximate surface area is 154 Å². The molecule has 2 amide bonds. The fraction of sp³-hybridized carbons (Fsp3) is 0.412. The van der Waals surface area contributed by atoms with Crippen LogP contribution < -0.4 is 10.6 Å². The van der Waals surface area contributed by atoms with Gasteiger partial charge in [-0.1, -0.05) is 25.9 Å². The fourth-order valence-corrected chi connectivity index (χ4v) is 2.43. The van der Waals surface area contributed by atoms with Crippen LogP contribution >= 0.6 is 15.9 Å². The minimum atomic E-state index is -0.706. The number of halogens is 1. The van der Waals surface area contributed by atoms with Crippen LogP contribution in [-0.2, 0) is 21.4 Å². The van der Waals surface area contributed by atoms with Crippen LogP contribution in [0, 0.1) is 0 Å². The van der Waals surface area contributed by atoms with Gasteiger partial charge in [-0.15, -0.1) is 0 Å². The van der Waals surface area contributed by atoms with E-state index >= 15 is 0 Å². The first-order valence-corrected chi connectivity index (χ1v) is 8.61. The summed E-state index contributed by atoms with van der Waals surface area (Å²) >= 11 is 3.30. The molecule has 1 unspecified atom stereocenters. The molecular weight excluding hydrogens is 388 g/mol. The topological polar surface area (TPSA) is 97.1 Å². The van der Waals surface area contributed by atoms with Crippen molar-refractivity contribution in [3.05, 3.63) is 40.3 Å². The second-order valence-electron chi connectivity index (χ2n) is 6.79. The second-order valence-corrected chi connectivity index (χ2v) is 7.71. The van der Waals surface area contributed by atoms with Crippen molar-refractivity contribution >= 4 is 33.6 Å². The average Bonchev–Trinajstić information content (AvgIpc) is 2.95. The summed E-state index contributed by atoms with van der Waals surface area (Å²) in [6, 6.07) is 2.78. The van der Waals surface area contributed by atoms with Gasteiger partial charge in [0.25, 0.3) is 0 Å². The molecule has 0 aliphatic rings. The van der Waals surface area contributed by atoms with Crippen molar-refractivity contribution in [2.45, 2.75) is 45.6 Å². The number of carbonyl (C=O) groups excluding carboxylic acids is 2. The van der Waals surface area contributed by atoms with E-state index in [0.717, 1.165) is 10.0 Å². The van der Waals surface area contributed by atoms with E-state index < -0.39 is 6.04 Å². The van der Waals surface area contributed by atoms with Crippen LogP contribution in [0.5, 0.6) is 0 Å². The molecule has 0 aliphatic carbocycles. The Bertz CT molecular complexity index is 767. The Morgan fingerprint density at radius 3 is 2.60 bits per heavy atom. The van der Waals surface area contributed by atoms with Crippen molar-refractivity contribution in [2.75, 3.05) is 5.32 Å². The Morgan fingerprint density at radius 1 is 1.28 bits per heavy atom. The van der Waals surface area contributed by atoms with Crippen molar-refractivity contribution in [2.24, 2.45) is 0 Å². The minimum Gasteiger partial charge on any atom is -0.359 e. The van der Waals surface area contributed by atoms with Crippen molar-refractivity contribution in [1.82, 2.24) is 15.5 Å². The summed E-state index contributed by atoms with van der Waals surface area (Å²) in [6.45, 7) is 7.56. The molecule has 2 aromatic heterocycles. The Kier molecular flexibility index (Phi) is 5.94. The first kappa shape index (κ1) is 19.1. The zero-order valence-corrected chi connectivity index (χ0v) is 16.2. The fourth-order valence-electron chi connectivity index (χ4n) is 2.02. The summed E-state index contributed by atoms with van der Waals surface area (Å²) in [5.74, 6) is 0.362. The number of amides is 2. The van der Waals surface area contributed by atoms with Gasteiger partial charge in [0.2, 0.25) is 11.8 Å².